The monoisotopic (exact) mass is 321 g/mol. The molecule has 0 spiro atoms. The molecule has 0 radical (unpaired) electrons. The van der Waals surface area contributed by atoms with E-state index in [0.717, 1.165) is 17.8 Å². The zero-order valence-electron chi connectivity index (χ0n) is 12.5. The van der Waals surface area contributed by atoms with Crippen molar-refractivity contribution in [2.45, 2.75) is 32.1 Å². The van der Waals surface area contributed by atoms with Gasteiger partial charge in [0.05, 0.1) is 5.56 Å². The Morgan fingerprint density at radius 2 is 1.91 bits per heavy atom. The van der Waals surface area contributed by atoms with Crippen LogP contribution in [-0.4, -0.2) is 5.91 Å². The number of carbonyl (C=O) groups is 1. The number of halogens is 3. The van der Waals surface area contributed by atoms with E-state index >= 15 is 0 Å². The van der Waals surface area contributed by atoms with Gasteiger partial charge in [0.15, 0.2) is 6.04 Å². The molecule has 23 heavy (non-hydrogen) atoms. The predicted molar refractivity (Wildman–Crippen MR) is 78.6 cm³/mol. The first-order valence-electron chi connectivity index (χ1n) is 7.39. The Balaban J connectivity index is 2.06. The number of fused-ring (bicyclic) bond motifs is 1. The number of pyridine rings is 1. The maximum atomic E-state index is 12.9. The number of aromatic nitrogens is 1. The minimum Gasteiger partial charge on any atom is -0.247 e. The molecule has 0 bridgehead atoms. The maximum Gasteiger partial charge on any atom is 0.419 e. The summed E-state index contributed by atoms with van der Waals surface area (Å²) in [5.74, 6) is 0.392. The lowest BCUT2D eigenvalue weighted by Gasteiger charge is -2.16. The molecule has 1 aromatic carbocycles. The summed E-state index contributed by atoms with van der Waals surface area (Å²) >= 11 is 0. The third-order valence-electron chi connectivity index (χ3n) is 4.01. The number of anilines is 1. The number of hydrogen-bond donors (Lipinski definition) is 0. The molecule has 0 saturated heterocycles. The van der Waals surface area contributed by atoms with Crippen molar-refractivity contribution >= 4 is 11.7 Å². The second-order valence-corrected chi connectivity index (χ2v) is 5.47. The summed E-state index contributed by atoms with van der Waals surface area (Å²) in [5.41, 5.74) is 0.199. The summed E-state index contributed by atoms with van der Waals surface area (Å²) in [6.07, 6.45) is -3.02. The van der Waals surface area contributed by atoms with Crippen molar-refractivity contribution in [3.05, 3.63) is 59.8 Å². The minimum absolute atomic E-state index is 0.107. The van der Waals surface area contributed by atoms with Crippen molar-refractivity contribution in [2.75, 3.05) is 4.90 Å². The van der Waals surface area contributed by atoms with Gasteiger partial charge < -0.3 is 0 Å². The summed E-state index contributed by atoms with van der Waals surface area (Å²) in [7, 11) is 0. The molecular weight excluding hydrogens is 305 g/mol. The van der Waals surface area contributed by atoms with Gasteiger partial charge in [0, 0.05) is 18.1 Å². The van der Waals surface area contributed by atoms with E-state index in [0.29, 0.717) is 18.8 Å². The molecule has 1 aliphatic heterocycles. The molecule has 3 rings (SSSR count). The summed E-state index contributed by atoms with van der Waals surface area (Å²) in [6.45, 7) is 2.06. The molecule has 0 fully saturated rings. The van der Waals surface area contributed by atoms with Crippen LogP contribution in [0, 0.1) is 0 Å². The molecule has 1 aliphatic rings. The summed E-state index contributed by atoms with van der Waals surface area (Å²) in [5, 5.41) is 0. The van der Waals surface area contributed by atoms with E-state index in [-0.39, 0.29) is 11.9 Å². The van der Waals surface area contributed by atoms with E-state index in [1.54, 1.807) is 11.8 Å². The van der Waals surface area contributed by atoms with Gasteiger partial charge in [0.2, 0.25) is 0 Å². The average Bonchev–Trinajstić information content (AvgIpc) is 2.92. The van der Waals surface area contributed by atoms with Crippen molar-refractivity contribution < 1.29 is 22.5 Å². The highest BCUT2D eigenvalue weighted by molar-refractivity contribution is 5.92. The maximum absolute atomic E-state index is 12.9. The number of benzene rings is 1. The minimum atomic E-state index is -4.40. The van der Waals surface area contributed by atoms with Crippen molar-refractivity contribution in [3.8, 4) is 0 Å². The van der Waals surface area contributed by atoms with Crippen LogP contribution in [0.15, 0.2) is 48.7 Å². The molecule has 1 atom stereocenters. The number of hydrogen-bond acceptors (Lipinski definition) is 1. The number of carbonyl (C=O) groups excluding carboxylic acids is 1. The zero-order valence-corrected chi connectivity index (χ0v) is 12.5. The van der Waals surface area contributed by atoms with Gasteiger partial charge in [-0.3, -0.25) is 0 Å². The summed E-state index contributed by atoms with van der Waals surface area (Å²) in [4.78, 5) is 13.9. The van der Waals surface area contributed by atoms with Gasteiger partial charge in [-0.1, -0.05) is 37.3 Å². The molecule has 0 unspecified atom stereocenters. The fourth-order valence-corrected chi connectivity index (χ4v) is 2.90. The molecule has 2 aromatic rings. The summed E-state index contributed by atoms with van der Waals surface area (Å²) in [6, 6.07) is 11.5. The largest absolute Gasteiger partial charge is 0.419 e. The molecule has 0 aliphatic carbocycles. The number of rotatable bonds is 2. The average molecular weight is 321 g/mol. The van der Waals surface area contributed by atoms with Crippen LogP contribution in [0.5, 0.6) is 0 Å². The Kier molecular flexibility index (Phi) is 3.83. The van der Waals surface area contributed by atoms with Crippen LogP contribution < -0.4 is 9.47 Å². The standard InChI is InChI=1S/C17H16F3N2O/c1-2-16(23)22-14(12-6-4-3-5-7-12)11-21-10-13(17(18,19)20)8-9-15(21)22/h3-10,14H,2,11H2,1H3/q+1/t14-/m0/s1. The third-order valence-corrected chi connectivity index (χ3v) is 4.01. The summed E-state index contributed by atoms with van der Waals surface area (Å²) < 4.78 is 40.2. The Hall–Kier alpha value is -2.37. The van der Waals surface area contributed by atoms with E-state index in [2.05, 4.69) is 0 Å². The van der Waals surface area contributed by atoms with Crippen molar-refractivity contribution in [3.63, 3.8) is 0 Å². The molecule has 0 N–H and O–H groups in total. The van der Waals surface area contributed by atoms with E-state index < -0.39 is 11.7 Å². The lowest BCUT2D eigenvalue weighted by atomic mass is 10.1. The van der Waals surface area contributed by atoms with E-state index in [4.69, 9.17) is 0 Å². The molecule has 6 heteroatoms. The van der Waals surface area contributed by atoms with Gasteiger partial charge in [0.25, 0.3) is 5.82 Å². The highest BCUT2D eigenvalue weighted by atomic mass is 19.4. The number of nitrogens with zero attached hydrogens (tertiary/aromatic N) is 2. The van der Waals surface area contributed by atoms with Crippen LogP contribution in [0.25, 0.3) is 0 Å². The van der Waals surface area contributed by atoms with Gasteiger partial charge >= 0.3 is 12.1 Å². The van der Waals surface area contributed by atoms with E-state index in [1.807, 2.05) is 30.3 Å². The molecule has 0 saturated carbocycles. The molecule has 1 aromatic heterocycles. The van der Waals surface area contributed by atoms with Gasteiger partial charge in [-0.05, 0) is 6.07 Å². The second kappa shape index (κ2) is 5.68. The highest BCUT2D eigenvalue weighted by Crippen LogP contribution is 2.34. The molecule has 2 heterocycles. The highest BCUT2D eigenvalue weighted by Gasteiger charge is 2.44. The fraction of sp³-hybridized carbons (Fsp3) is 0.294. The SMILES string of the molecule is CCC(=O)N1c2ccc(C(F)(F)F)c[n+]2C[C@H]1c1ccccc1. The topological polar surface area (TPSA) is 24.2 Å². The normalized spacial score (nSPS) is 17.2. The molecule has 3 nitrogen and oxygen atoms in total. The first-order valence-corrected chi connectivity index (χ1v) is 7.39. The van der Waals surface area contributed by atoms with Crippen molar-refractivity contribution in [2.24, 2.45) is 0 Å². The molecular formula is C17H16F3N2O+. The van der Waals surface area contributed by atoms with Crippen LogP contribution in [0.2, 0.25) is 0 Å². The smallest absolute Gasteiger partial charge is 0.247 e. The quantitative estimate of drug-likeness (QED) is 0.777. The van der Waals surface area contributed by atoms with Gasteiger partial charge in [-0.15, -0.1) is 0 Å². The Bertz CT molecular complexity index is 728. The zero-order chi connectivity index (χ0) is 16.6. The first-order chi connectivity index (χ1) is 10.9. The van der Waals surface area contributed by atoms with Gasteiger partial charge in [-0.2, -0.15) is 18.1 Å². The van der Waals surface area contributed by atoms with Crippen LogP contribution in [0.1, 0.15) is 30.5 Å². The number of alkyl halides is 3. The van der Waals surface area contributed by atoms with Crippen molar-refractivity contribution in [1.82, 2.24) is 0 Å². The van der Waals surface area contributed by atoms with Crippen LogP contribution in [0.4, 0.5) is 19.0 Å². The van der Waals surface area contributed by atoms with Crippen LogP contribution in [0.3, 0.4) is 0 Å². The van der Waals surface area contributed by atoms with Crippen LogP contribution >= 0.6 is 0 Å². The van der Waals surface area contributed by atoms with Gasteiger partial charge in [0.1, 0.15) is 12.7 Å². The second-order valence-electron chi connectivity index (χ2n) is 5.47. The van der Waals surface area contributed by atoms with Gasteiger partial charge in [-0.25, -0.2) is 9.36 Å². The lowest BCUT2D eigenvalue weighted by Crippen LogP contribution is -2.33. The number of amides is 1. The fourth-order valence-electron chi connectivity index (χ4n) is 2.90. The van der Waals surface area contributed by atoms with Crippen LogP contribution in [-0.2, 0) is 17.5 Å². The van der Waals surface area contributed by atoms with E-state index in [9.17, 15) is 18.0 Å². The van der Waals surface area contributed by atoms with E-state index in [1.165, 1.54) is 10.6 Å². The Morgan fingerprint density at radius 3 is 2.52 bits per heavy atom. The Labute approximate surface area is 132 Å². The predicted octanol–water partition coefficient (Wildman–Crippen LogP) is 3.49. The third kappa shape index (κ3) is 2.81. The molecule has 1 amide bonds. The van der Waals surface area contributed by atoms with Crippen molar-refractivity contribution in [1.29, 1.82) is 0 Å². The molecule has 120 valence electrons. The Morgan fingerprint density at radius 1 is 1.22 bits per heavy atom. The first kappa shape index (κ1) is 15.5. The lowest BCUT2D eigenvalue weighted by molar-refractivity contribution is -0.675.